The fourth-order valence-corrected chi connectivity index (χ4v) is 4.83. The fourth-order valence-electron chi connectivity index (χ4n) is 4.83. The lowest BCUT2D eigenvalue weighted by molar-refractivity contribution is -0.146. The van der Waals surface area contributed by atoms with Crippen molar-refractivity contribution in [1.29, 1.82) is 0 Å². The molecule has 1 aliphatic carbocycles. The van der Waals surface area contributed by atoms with Gasteiger partial charge in [0.25, 0.3) is 0 Å². The molecule has 4 rings (SSSR count). The molecule has 158 valence electrons. The number of likely N-dealkylation sites (tertiary alicyclic amines) is 1. The van der Waals surface area contributed by atoms with Gasteiger partial charge < -0.3 is 9.80 Å². The molecule has 2 fully saturated rings. The van der Waals surface area contributed by atoms with Crippen LogP contribution < -0.4 is 0 Å². The van der Waals surface area contributed by atoms with Crippen molar-refractivity contribution in [1.82, 2.24) is 9.80 Å². The Labute approximate surface area is 179 Å². The van der Waals surface area contributed by atoms with Crippen LogP contribution in [0, 0.1) is 17.3 Å². The van der Waals surface area contributed by atoms with Crippen molar-refractivity contribution >= 4 is 11.8 Å². The molecule has 0 unspecified atom stereocenters. The highest BCUT2D eigenvalue weighted by atomic mass is 16.2. The van der Waals surface area contributed by atoms with Crippen LogP contribution in [0.4, 0.5) is 0 Å². The van der Waals surface area contributed by atoms with Gasteiger partial charge in [0.2, 0.25) is 11.8 Å². The Morgan fingerprint density at radius 3 is 2.07 bits per heavy atom. The van der Waals surface area contributed by atoms with Gasteiger partial charge in [-0.15, -0.1) is 0 Å². The molecule has 0 N–H and O–H groups in total. The molecule has 2 amide bonds. The van der Waals surface area contributed by atoms with E-state index in [2.05, 4.69) is 43.3 Å². The second-order valence-electron chi connectivity index (χ2n) is 9.36. The van der Waals surface area contributed by atoms with Gasteiger partial charge in [0.1, 0.15) is 0 Å². The molecule has 1 aliphatic heterocycles. The highest BCUT2D eigenvalue weighted by Gasteiger charge is 2.46. The predicted molar refractivity (Wildman–Crippen MR) is 120 cm³/mol. The third-order valence-electron chi connectivity index (χ3n) is 6.92. The van der Waals surface area contributed by atoms with E-state index in [1.54, 1.807) is 4.90 Å². The quantitative estimate of drug-likeness (QED) is 0.748. The van der Waals surface area contributed by atoms with Crippen LogP contribution in [0.2, 0.25) is 0 Å². The maximum absolute atomic E-state index is 13.2. The Bertz CT molecular complexity index is 896. The first kappa shape index (κ1) is 20.6. The van der Waals surface area contributed by atoms with Gasteiger partial charge in [0.15, 0.2) is 0 Å². The van der Waals surface area contributed by atoms with Crippen molar-refractivity contribution in [2.75, 3.05) is 27.2 Å². The van der Waals surface area contributed by atoms with Crippen molar-refractivity contribution in [3.05, 3.63) is 60.2 Å². The third-order valence-corrected chi connectivity index (χ3v) is 6.92. The van der Waals surface area contributed by atoms with Gasteiger partial charge in [-0.2, -0.15) is 0 Å². The number of piperidine rings is 1. The molecule has 2 aromatic carbocycles. The molecule has 0 bridgehead atoms. The standard InChI is InChI=1S/C26H32N2O2/c1-19-17-23(19)24(29)28-15-13-26(14-16-28,25(30)27(2)3)18-20-9-11-22(12-10-20)21-7-5-4-6-8-21/h4-12,19,23H,13-18H2,1-3H3/t19-,23-/m0/s1. The van der Waals surface area contributed by atoms with Gasteiger partial charge in [-0.05, 0) is 48.3 Å². The van der Waals surface area contributed by atoms with Crippen LogP contribution >= 0.6 is 0 Å². The molecule has 1 saturated heterocycles. The molecule has 0 radical (unpaired) electrons. The van der Waals surface area contributed by atoms with Crippen LogP contribution in [0.15, 0.2) is 54.6 Å². The van der Waals surface area contributed by atoms with Crippen molar-refractivity contribution in [3.63, 3.8) is 0 Å². The van der Waals surface area contributed by atoms with Gasteiger partial charge in [0.05, 0.1) is 5.41 Å². The second kappa shape index (κ2) is 8.25. The SMILES string of the molecule is C[C@H]1C[C@@H]1C(=O)N1CCC(Cc2ccc(-c3ccccc3)cc2)(C(=O)N(C)C)CC1. The number of amides is 2. The zero-order valence-electron chi connectivity index (χ0n) is 18.3. The number of nitrogens with zero attached hydrogens (tertiary/aromatic N) is 2. The summed E-state index contributed by atoms with van der Waals surface area (Å²) in [7, 11) is 3.68. The Balaban J connectivity index is 1.49. The summed E-state index contributed by atoms with van der Waals surface area (Å²) in [5.74, 6) is 1.21. The highest BCUT2D eigenvalue weighted by molar-refractivity contribution is 5.84. The summed E-state index contributed by atoms with van der Waals surface area (Å²) in [5, 5.41) is 0. The van der Waals surface area contributed by atoms with E-state index in [9.17, 15) is 9.59 Å². The van der Waals surface area contributed by atoms with Gasteiger partial charge in [0, 0.05) is 33.1 Å². The number of carbonyl (C=O) groups is 2. The molecule has 2 aromatic rings. The van der Waals surface area contributed by atoms with Crippen LogP contribution in [0.1, 0.15) is 31.7 Å². The normalized spacial score (nSPS) is 22.4. The summed E-state index contributed by atoms with van der Waals surface area (Å²) in [6, 6.07) is 18.9. The lowest BCUT2D eigenvalue weighted by atomic mass is 9.72. The Morgan fingerprint density at radius 1 is 0.967 bits per heavy atom. The minimum Gasteiger partial charge on any atom is -0.348 e. The first-order valence-corrected chi connectivity index (χ1v) is 11.0. The average Bonchev–Trinajstić information content (AvgIpc) is 3.51. The number of hydrogen-bond donors (Lipinski definition) is 0. The molecule has 2 aliphatic rings. The van der Waals surface area contributed by atoms with Crippen molar-refractivity contribution in [2.45, 2.75) is 32.6 Å². The smallest absolute Gasteiger partial charge is 0.228 e. The summed E-state index contributed by atoms with van der Waals surface area (Å²) >= 11 is 0. The van der Waals surface area contributed by atoms with Gasteiger partial charge in [-0.3, -0.25) is 9.59 Å². The summed E-state index contributed by atoms with van der Waals surface area (Å²) in [5.41, 5.74) is 3.14. The van der Waals surface area contributed by atoms with E-state index in [0.29, 0.717) is 24.9 Å². The van der Waals surface area contributed by atoms with E-state index in [1.807, 2.05) is 37.2 Å². The molecule has 0 aromatic heterocycles. The molecular weight excluding hydrogens is 372 g/mol. The maximum atomic E-state index is 13.2. The van der Waals surface area contributed by atoms with Crippen LogP contribution in [-0.4, -0.2) is 48.8 Å². The fraction of sp³-hybridized carbons (Fsp3) is 0.462. The van der Waals surface area contributed by atoms with Crippen LogP contribution in [0.3, 0.4) is 0 Å². The van der Waals surface area contributed by atoms with Gasteiger partial charge >= 0.3 is 0 Å². The van der Waals surface area contributed by atoms with E-state index in [-0.39, 0.29) is 11.8 Å². The first-order chi connectivity index (χ1) is 14.4. The molecular formula is C26H32N2O2. The van der Waals surface area contributed by atoms with E-state index in [1.165, 1.54) is 16.7 Å². The predicted octanol–water partition coefficient (Wildman–Crippen LogP) is 4.25. The molecule has 4 heteroatoms. The molecule has 4 nitrogen and oxygen atoms in total. The number of benzene rings is 2. The summed E-state index contributed by atoms with van der Waals surface area (Å²) in [4.78, 5) is 29.6. The first-order valence-electron chi connectivity index (χ1n) is 11.0. The lowest BCUT2D eigenvalue weighted by Crippen LogP contribution is -2.51. The average molecular weight is 405 g/mol. The Kier molecular flexibility index (Phi) is 5.68. The summed E-state index contributed by atoms with van der Waals surface area (Å²) < 4.78 is 0. The van der Waals surface area contributed by atoms with E-state index in [0.717, 1.165) is 25.7 Å². The molecule has 1 heterocycles. The molecule has 30 heavy (non-hydrogen) atoms. The summed E-state index contributed by atoms with van der Waals surface area (Å²) in [6.07, 6.45) is 3.21. The minimum atomic E-state index is -0.427. The Morgan fingerprint density at radius 2 is 1.53 bits per heavy atom. The van der Waals surface area contributed by atoms with E-state index in [4.69, 9.17) is 0 Å². The zero-order chi connectivity index (χ0) is 21.3. The number of carbonyl (C=O) groups excluding carboxylic acids is 2. The highest BCUT2D eigenvalue weighted by Crippen LogP contribution is 2.42. The van der Waals surface area contributed by atoms with Crippen molar-refractivity contribution in [3.8, 4) is 11.1 Å². The number of hydrogen-bond acceptors (Lipinski definition) is 2. The molecule has 0 spiro atoms. The van der Waals surface area contributed by atoms with Crippen LogP contribution in [0.25, 0.3) is 11.1 Å². The number of rotatable bonds is 5. The van der Waals surface area contributed by atoms with Gasteiger partial charge in [-0.25, -0.2) is 0 Å². The third kappa shape index (κ3) is 4.14. The molecule has 1 saturated carbocycles. The van der Waals surface area contributed by atoms with Crippen molar-refractivity contribution < 1.29 is 9.59 Å². The molecule has 2 atom stereocenters. The monoisotopic (exact) mass is 404 g/mol. The summed E-state index contributed by atoms with van der Waals surface area (Å²) in [6.45, 7) is 3.51. The van der Waals surface area contributed by atoms with Crippen LogP contribution in [0.5, 0.6) is 0 Å². The largest absolute Gasteiger partial charge is 0.348 e. The zero-order valence-corrected chi connectivity index (χ0v) is 18.3. The van der Waals surface area contributed by atoms with E-state index >= 15 is 0 Å². The second-order valence-corrected chi connectivity index (χ2v) is 9.36. The van der Waals surface area contributed by atoms with E-state index < -0.39 is 5.41 Å². The minimum absolute atomic E-state index is 0.182. The Hall–Kier alpha value is -2.62. The topological polar surface area (TPSA) is 40.6 Å². The van der Waals surface area contributed by atoms with Crippen LogP contribution in [-0.2, 0) is 16.0 Å². The van der Waals surface area contributed by atoms with Gasteiger partial charge in [-0.1, -0.05) is 61.5 Å². The lowest BCUT2D eigenvalue weighted by Gasteiger charge is -2.42. The van der Waals surface area contributed by atoms with Crippen molar-refractivity contribution in [2.24, 2.45) is 17.3 Å². The maximum Gasteiger partial charge on any atom is 0.228 e.